The minimum Gasteiger partial charge on any atom is -0.587 e. The first-order valence-electron chi connectivity index (χ1n) is 7.28. The van der Waals surface area contributed by atoms with Crippen LogP contribution in [0.25, 0.3) is 11.0 Å². The molecule has 0 spiro atoms. The zero-order valence-corrected chi connectivity index (χ0v) is 14.3. The summed E-state index contributed by atoms with van der Waals surface area (Å²) in [6.45, 7) is 0. The monoisotopic (exact) mass is 354 g/mol. The lowest BCUT2D eigenvalue weighted by Gasteiger charge is -2.11. The highest BCUT2D eigenvalue weighted by Gasteiger charge is 2.21. The van der Waals surface area contributed by atoms with Crippen LogP contribution < -0.4 is 9.62 Å². The van der Waals surface area contributed by atoms with Gasteiger partial charge >= 0.3 is 5.91 Å². The summed E-state index contributed by atoms with van der Waals surface area (Å²) in [5, 5.41) is 9.73. The van der Waals surface area contributed by atoms with Gasteiger partial charge in [0.2, 0.25) is 0 Å². The van der Waals surface area contributed by atoms with Crippen molar-refractivity contribution in [1.82, 2.24) is 9.71 Å². The van der Waals surface area contributed by atoms with Crippen molar-refractivity contribution in [2.24, 2.45) is 0 Å². The van der Waals surface area contributed by atoms with E-state index in [0.717, 1.165) is 11.1 Å². The van der Waals surface area contributed by atoms with Crippen molar-refractivity contribution in [1.29, 1.82) is 5.26 Å². The van der Waals surface area contributed by atoms with Gasteiger partial charge in [-0.15, -0.1) is 0 Å². The summed E-state index contributed by atoms with van der Waals surface area (Å²) in [6.07, 6.45) is 1.36. The maximum atomic E-state index is 12.3. The van der Waals surface area contributed by atoms with Gasteiger partial charge in [-0.3, -0.25) is 4.79 Å². The predicted molar refractivity (Wildman–Crippen MR) is 93.4 cm³/mol. The van der Waals surface area contributed by atoms with Crippen LogP contribution in [0.15, 0.2) is 52.0 Å². The van der Waals surface area contributed by atoms with Crippen LogP contribution >= 0.6 is 0 Å². The van der Waals surface area contributed by atoms with Crippen molar-refractivity contribution in [3.8, 4) is 6.07 Å². The maximum Gasteiger partial charge on any atom is 0.328 e. The van der Waals surface area contributed by atoms with Crippen LogP contribution in [0.2, 0.25) is 0 Å². The van der Waals surface area contributed by atoms with Crippen molar-refractivity contribution in [3.63, 3.8) is 0 Å². The average molecular weight is 354 g/mol. The van der Waals surface area contributed by atoms with Gasteiger partial charge < -0.3 is 13.9 Å². The molecule has 3 aromatic rings. The minimum absolute atomic E-state index is 0.0516. The summed E-state index contributed by atoms with van der Waals surface area (Å²) < 4.78 is 20.1. The van der Waals surface area contributed by atoms with E-state index in [1.807, 2.05) is 43.3 Å². The maximum absolute atomic E-state index is 12.3. The third-order valence-electron chi connectivity index (χ3n) is 3.48. The van der Waals surface area contributed by atoms with E-state index in [4.69, 9.17) is 9.68 Å². The van der Waals surface area contributed by atoms with Crippen LogP contribution in [0.5, 0.6) is 0 Å². The van der Waals surface area contributed by atoms with E-state index in [1.54, 1.807) is 6.07 Å². The number of nitrogens with zero attached hydrogens (tertiary/aromatic N) is 3. The number of hydrogen-bond donors (Lipinski definition) is 1. The number of benzene rings is 1. The molecular weight excluding hydrogens is 340 g/mol. The van der Waals surface area contributed by atoms with Gasteiger partial charge in [-0.2, -0.15) is 9.98 Å². The number of hydrogen-bond acceptors (Lipinski definition) is 6. The van der Waals surface area contributed by atoms with Gasteiger partial charge in [0.1, 0.15) is 16.9 Å². The van der Waals surface area contributed by atoms with Crippen molar-refractivity contribution in [2.75, 3.05) is 19.0 Å². The third-order valence-corrected chi connectivity index (χ3v) is 4.46. The molecule has 1 aromatic carbocycles. The van der Waals surface area contributed by atoms with Crippen LogP contribution in [0, 0.1) is 11.3 Å². The topological polar surface area (TPSA) is 105 Å². The number of fused-ring (bicyclic) bond motifs is 1. The number of carbonyl (C=O) groups is 1. The van der Waals surface area contributed by atoms with E-state index >= 15 is 0 Å². The molecule has 0 radical (unpaired) electrons. The van der Waals surface area contributed by atoms with Gasteiger partial charge in [-0.25, -0.2) is 4.98 Å². The Labute approximate surface area is 147 Å². The molecule has 1 atom stereocenters. The molecule has 126 valence electrons. The second kappa shape index (κ2) is 6.84. The number of nitrogens with one attached hydrogen (secondary N) is 1. The fourth-order valence-corrected chi connectivity index (χ4v) is 2.94. The number of aromatic nitrogens is 1. The van der Waals surface area contributed by atoms with E-state index in [2.05, 4.69) is 9.71 Å². The molecule has 2 aromatic heterocycles. The second-order valence-corrected chi connectivity index (χ2v) is 6.58. The third kappa shape index (κ3) is 3.57. The molecule has 0 aliphatic carbocycles. The SMILES string of the molecule is CN(C)c1ccc2cc(C(=O)N[S+]([O-])c3cc(C#N)ccn3)oc2c1. The molecule has 3 rings (SSSR count). The summed E-state index contributed by atoms with van der Waals surface area (Å²) in [7, 11) is 3.81. The van der Waals surface area contributed by atoms with Gasteiger partial charge in [-0.05, 0) is 24.3 Å². The molecule has 7 nitrogen and oxygen atoms in total. The molecule has 0 bridgehead atoms. The first-order valence-corrected chi connectivity index (χ1v) is 8.43. The molecule has 1 amide bonds. The number of pyridine rings is 1. The Kier molecular flexibility index (Phi) is 4.61. The number of nitriles is 1. The number of rotatable bonds is 4. The van der Waals surface area contributed by atoms with Crippen molar-refractivity contribution in [3.05, 3.63) is 53.9 Å². The first-order chi connectivity index (χ1) is 12.0. The average Bonchev–Trinajstić information content (AvgIpc) is 3.05. The van der Waals surface area contributed by atoms with Gasteiger partial charge in [0, 0.05) is 43.5 Å². The Bertz CT molecular complexity index is 977. The van der Waals surface area contributed by atoms with E-state index in [9.17, 15) is 9.35 Å². The summed E-state index contributed by atoms with van der Waals surface area (Å²) in [4.78, 5) is 18.1. The number of furan rings is 1. The first kappa shape index (κ1) is 16.8. The highest BCUT2D eigenvalue weighted by molar-refractivity contribution is 7.90. The molecule has 8 heteroatoms. The van der Waals surface area contributed by atoms with Gasteiger partial charge in [0.05, 0.1) is 11.6 Å². The van der Waals surface area contributed by atoms with Crippen LogP contribution in [0.1, 0.15) is 16.1 Å². The van der Waals surface area contributed by atoms with Gasteiger partial charge in [0.15, 0.2) is 5.76 Å². The van der Waals surface area contributed by atoms with Crippen LogP contribution in [-0.2, 0) is 11.4 Å². The van der Waals surface area contributed by atoms with Gasteiger partial charge in [0.25, 0.3) is 5.03 Å². The fraction of sp³-hybridized carbons (Fsp3) is 0.118. The summed E-state index contributed by atoms with van der Waals surface area (Å²) in [5.74, 6) is -0.569. The fourth-order valence-electron chi connectivity index (χ4n) is 2.18. The predicted octanol–water partition coefficient (Wildman–Crippen LogP) is 2.22. The summed E-state index contributed by atoms with van der Waals surface area (Å²) in [5.41, 5.74) is 1.81. The smallest absolute Gasteiger partial charge is 0.328 e. The van der Waals surface area contributed by atoms with Crippen LogP contribution in [0.4, 0.5) is 5.69 Å². The van der Waals surface area contributed by atoms with E-state index in [-0.39, 0.29) is 10.8 Å². The molecule has 0 saturated carbocycles. The van der Waals surface area contributed by atoms with Crippen molar-refractivity contribution < 1.29 is 13.8 Å². The minimum atomic E-state index is -1.89. The highest BCUT2D eigenvalue weighted by atomic mass is 32.2. The quantitative estimate of drug-likeness (QED) is 0.720. The van der Waals surface area contributed by atoms with Crippen molar-refractivity contribution in [2.45, 2.75) is 5.03 Å². The molecular formula is C17H14N4O3S. The lowest BCUT2D eigenvalue weighted by atomic mass is 10.2. The van der Waals surface area contributed by atoms with E-state index in [0.29, 0.717) is 11.1 Å². The zero-order valence-electron chi connectivity index (χ0n) is 13.5. The van der Waals surface area contributed by atoms with Crippen molar-refractivity contribution >= 4 is 33.9 Å². The van der Waals surface area contributed by atoms with E-state index < -0.39 is 17.3 Å². The Morgan fingerprint density at radius 2 is 2.12 bits per heavy atom. The molecule has 0 aliphatic heterocycles. The molecule has 0 fully saturated rings. The number of anilines is 1. The Morgan fingerprint density at radius 1 is 1.32 bits per heavy atom. The summed E-state index contributed by atoms with van der Waals surface area (Å²) in [6, 6.07) is 11.9. The molecule has 1 N–H and O–H groups in total. The van der Waals surface area contributed by atoms with Gasteiger partial charge in [-0.1, -0.05) is 0 Å². The lowest BCUT2D eigenvalue weighted by molar-refractivity contribution is 0.0956. The summed E-state index contributed by atoms with van der Waals surface area (Å²) >= 11 is -1.89. The molecule has 0 aliphatic rings. The van der Waals surface area contributed by atoms with Crippen LogP contribution in [0.3, 0.4) is 0 Å². The standard InChI is InChI=1S/C17H14N4O3S/c1-21(2)13-4-3-12-8-15(24-14(12)9-13)17(22)20-25(23)16-7-11(10-18)5-6-19-16/h3-9H,1-2H3,(H,20,22). The lowest BCUT2D eigenvalue weighted by Crippen LogP contribution is -2.30. The van der Waals surface area contributed by atoms with Crippen LogP contribution in [-0.4, -0.2) is 29.5 Å². The Hall–Kier alpha value is -3.02. The molecule has 0 saturated heterocycles. The molecule has 1 unspecified atom stereocenters. The molecule has 2 heterocycles. The normalized spacial score (nSPS) is 11.8. The number of amides is 1. The largest absolute Gasteiger partial charge is 0.587 e. The van der Waals surface area contributed by atoms with E-state index in [1.165, 1.54) is 18.3 Å². The zero-order chi connectivity index (χ0) is 18.0. The second-order valence-electron chi connectivity index (χ2n) is 5.42. The Morgan fingerprint density at radius 3 is 2.84 bits per heavy atom. The Balaban J connectivity index is 1.80. The highest BCUT2D eigenvalue weighted by Crippen LogP contribution is 2.24. The molecule has 25 heavy (non-hydrogen) atoms. The number of carbonyl (C=O) groups excluding carboxylic acids is 1.